The number of hydrogen-bond acceptors (Lipinski definition) is 8. The van der Waals surface area contributed by atoms with Crippen LogP contribution < -0.4 is 5.84 Å². The van der Waals surface area contributed by atoms with Gasteiger partial charge in [0.1, 0.15) is 6.26 Å². The number of thioether (sulfide) groups is 2. The van der Waals surface area contributed by atoms with Crippen molar-refractivity contribution in [2.24, 2.45) is 0 Å². The van der Waals surface area contributed by atoms with Crippen LogP contribution in [0.15, 0.2) is 45.3 Å². The summed E-state index contributed by atoms with van der Waals surface area (Å²) in [5.41, 5.74) is 2.91. The Morgan fingerprint density at radius 3 is 2.45 bits per heavy atom. The molecule has 0 aliphatic heterocycles. The van der Waals surface area contributed by atoms with Crippen molar-refractivity contribution in [3.63, 3.8) is 0 Å². The number of nitrogens with zero attached hydrogens (tertiary/aromatic N) is 5. The topological polar surface area (TPSA) is 103 Å². The van der Waals surface area contributed by atoms with E-state index < -0.39 is 0 Å². The Balaban J connectivity index is 1.57. The molecule has 0 atom stereocenters. The molecule has 10 heteroatoms. The van der Waals surface area contributed by atoms with Crippen molar-refractivity contribution in [2.75, 3.05) is 24.7 Å². The largest absolute Gasteiger partial charge is 0.444 e. The Bertz CT molecular complexity index is 950. The van der Waals surface area contributed by atoms with Crippen molar-refractivity contribution in [1.82, 2.24) is 24.8 Å². The lowest BCUT2D eigenvalue weighted by molar-refractivity contribution is -0.127. The second kappa shape index (κ2) is 9.84. The van der Waals surface area contributed by atoms with Gasteiger partial charge in [0, 0.05) is 24.4 Å². The van der Waals surface area contributed by atoms with E-state index in [9.17, 15) is 4.79 Å². The van der Waals surface area contributed by atoms with Crippen molar-refractivity contribution in [1.29, 1.82) is 0 Å². The Morgan fingerprint density at radius 1 is 1.14 bits per heavy atom. The van der Waals surface area contributed by atoms with E-state index in [0.29, 0.717) is 35.0 Å². The first-order valence-corrected chi connectivity index (χ1v) is 11.2. The Labute approximate surface area is 178 Å². The van der Waals surface area contributed by atoms with E-state index in [0.717, 1.165) is 11.3 Å². The van der Waals surface area contributed by atoms with Crippen molar-refractivity contribution in [2.45, 2.75) is 36.8 Å². The highest BCUT2D eigenvalue weighted by molar-refractivity contribution is 8.00. The lowest BCUT2D eigenvalue weighted by Gasteiger charge is -2.17. The van der Waals surface area contributed by atoms with Gasteiger partial charge in [0.05, 0.1) is 11.4 Å². The summed E-state index contributed by atoms with van der Waals surface area (Å²) in [7, 11) is 0. The lowest BCUT2D eigenvalue weighted by atomic mass is 10.1. The van der Waals surface area contributed by atoms with Crippen LogP contribution >= 0.6 is 23.5 Å². The van der Waals surface area contributed by atoms with Crippen LogP contribution in [0.3, 0.4) is 0 Å². The minimum Gasteiger partial charge on any atom is -0.444 e. The molecule has 2 heterocycles. The molecule has 0 aliphatic rings. The fourth-order valence-corrected chi connectivity index (χ4v) is 4.15. The van der Waals surface area contributed by atoms with E-state index in [1.807, 2.05) is 45.0 Å². The fraction of sp³-hybridized carbons (Fsp3) is 0.368. The van der Waals surface area contributed by atoms with E-state index >= 15 is 0 Å². The minimum absolute atomic E-state index is 0.0587. The molecule has 0 bridgehead atoms. The second-order valence-electron chi connectivity index (χ2n) is 6.29. The highest BCUT2D eigenvalue weighted by atomic mass is 32.2. The number of carbonyl (C=O) groups excluding carboxylic acids is 1. The van der Waals surface area contributed by atoms with Crippen molar-refractivity contribution < 1.29 is 9.21 Å². The average molecular weight is 433 g/mol. The smallest absolute Gasteiger partial charge is 0.233 e. The molecule has 2 aromatic heterocycles. The van der Waals surface area contributed by atoms with Crippen LogP contribution in [-0.2, 0) is 10.5 Å². The zero-order valence-corrected chi connectivity index (χ0v) is 18.3. The molecule has 8 nitrogen and oxygen atoms in total. The number of nitrogens with two attached hydrogens (primary N) is 1. The molecule has 0 saturated carbocycles. The maximum atomic E-state index is 12.1. The number of nitrogen functional groups attached to an aromatic ring is 1. The number of benzene rings is 1. The molecular formula is C19H24N6O2S2. The van der Waals surface area contributed by atoms with E-state index in [2.05, 4.69) is 15.2 Å². The minimum atomic E-state index is 0.0587. The van der Waals surface area contributed by atoms with Crippen molar-refractivity contribution >= 4 is 29.4 Å². The molecule has 1 aromatic carbocycles. The van der Waals surface area contributed by atoms with Gasteiger partial charge in [-0.2, -0.15) is 0 Å². The number of carbonyl (C=O) groups is 1. The van der Waals surface area contributed by atoms with Gasteiger partial charge in [0.25, 0.3) is 0 Å². The van der Waals surface area contributed by atoms with Crippen LogP contribution in [0.1, 0.15) is 25.1 Å². The zero-order chi connectivity index (χ0) is 20.8. The lowest BCUT2D eigenvalue weighted by Crippen LogP contribution is -2.32. The van der Waals surface area contributed by atoms with Crippen molar-refractivity contribution in [3.8, 4) is 11.5 Å². The summed E-state index contributed by atoms with van der Waals surface area (Å²) in [6, 6.07) is 8.01. The third kappa shape index (κ3) is 5.33. The first-order valence-electron chi connectivity index (χ1n) is 9.27. The quantitative estimate of drug-likeness (QED) is 0.406. The summed E-state index contributed by atoms with van der Waals surface area (Å²) in [6.45, 7) is 7.33. The monoisotopic (exact) mass is 432 g/mol. The Kier molecular flexibility index (Phi) is 7.21. The standard InChI is InChI=1S/C19H24N6O2S2/c1-4-24(5-2)16(26)12-29-19-23-22-18(25(19)20)28-11-15-10-27-17(21-15)14-8-6-13(3)7-9-14/h6-10H,4-5,11-12,20H2,1-3H3. The van der Waals surface area contributed by atoms with Gasteiger partial charge in [-0.25, -0.2) is 9.66 Å². The van der Waals surface area contributed by atoms with Crippen molar-refractivity contribution in [3.05, 3.63) is 41.8 Å². The maximum Gasteiger partial charge on any atom is 0.233 e. The molecule has 0 fully saturated rings. The number of aromatic nitrogens is 4. The van der Waals surface area contributed by atoms with Gasteiger partial charge >= 0.3 is 0 Å². The number of oxazole rings is 1. The third-order valence-electron chi connectivity index (χ3n) is 4.27. The summed E-state index contributed by atoms with van der Waals surface area (Å²) in [4.78, 5) is 18.4. The van der Waals surface area contributed by atoms with E-state index in [1.54, 1.807) is 11.2 Å². The summed E-state index contributed by atoms with van der Waals surface area (Å²) in [5, 5.41) is 9.27. The molecule has 0 radical (unpaired) electrons. The van der Waals surface area contributed by atoms with Crippen LogP contribution in [0.4, 0.5) is 0 Å². The molecule has 0 spiro atoms. The van der Waals surface area contributed by atoms with Crippen LogP contribution in [-0.4, -0.2) is 49.5 Å². The number of amides is 1. The second-order valence-corrected chi connectivity index (χ2v) is 8.17. The van der Waals surface area contributed by atoms with Gasteiger partial charge in [0.15, 0.2) is 0 Å². The molecule has 29 heavy (non-hydrogen) atoms. The molecule has 0 aliphatic carbocycles. The highest BCUT2D eigenvalue weighted by Crippen LogP contribution is 2.26. The molecule has 0 unspecified atom stereocenters. The van der Waals surface area contributed by atoms with E-state index in [-0.39, 0.29) is 11.7 Å². The Hall–Kier alpha value is -2.46. The summed E-state index contributed by atoms with van der Waals surface area (Å²) < 4.78 is 6.99. The number of aryl methyl sites for hydroxylation is 1. The van der Waals surface area contributed by atoms with Gasteiger partial charge < -0.3 is 15.2 Å². The van der Waals surface area contributed by atoms with Gasteiger partial charge in [0.2, 0.25) is 22.1 Å². The molecule has 2 N–H and O–H groups in total. The van der Waals surface area contributed by atoms with Crippen LogP contribution in [0, 0.1) is 6.92 Å². The van der Waals surface area contributed by atoms with Gasteiger partial charge in [-0.05, 0) is 32.9 Å². The number of rotatable bonds is 9. The fourth-order valence-electron chi connectivity index (χ4n) is 2.59. The summed E-state index contributed by atoms with van der Waals surface area (Å²) >= 11 is 2.70. The predicted octanol–water partition coefficient (Wildman–Crippen LogP) is 3.21. The van der Waals surface area contributed by atoms with Crippen LogP contribution in [0.25, 0.3) is 11.5 Å². The Morgan fingerprint density at radius 2 is 1.79 bits per heavy atom. The predicted molar refractivity (Wildman–Crippen MR) is 115 cm³/mol. The highest BCUT2D eigenvalue weighted by Gasteiger charge is 2.16. The third-order valence-corrected chi connectivity index (χ3v) is 6.18. The first-order chi connectivity index (χ1) is 14.0. The van der Waals surface area contributed by atoms with Crippen LogP contribution in [0.2, 0.25) is 0 Å². The average Bonchev–Trinajstić information content (AvgIpc) is 3.33. The SMILES string of the molecule is CCN(CC)C(=O)CSc1nnc(SCc2coc(-c3ccc(C)cc3)n2)n1N. The van der Waals surface area contributed by atoms with E-state index in [4.69, 9.17) is 10.3 Å². The van der Waals surface area contributed by atoms with Crippen LogP contribution in [0.5, 0.6) is 0 Å². The van der Waals surface area contributed by atoms with Gasteiger partial charge in [-0.1, -0.05) is 41.2 Å². The zero-order valence-electron chi connectivity index (χ0n) is 16.7. The normalized spacial score (nSPS) is 11.0. The first kappa shape index (κ1) is 21.3. The van der Waals surface area contributed by atoms with E-state index in [1.165, 1.54) is 33.8 Å². The maximum absolute atomic E-state index is 12.1. The molecule has 0 saturated heterocycles. The van der Waals surface area contributed by atoms with Gasteiger partial charge in [-0.3, -0.25) is 4.79 Å². The molecule has 1 amide bonds. The molecule has 154 valence electrons. The molecular weight excluding hydrogens is 408 g/mol. The molecule has 3 aromatic rings. The summed E-state index contributed by atoms with van der Waals surface area (Å²) in [6.07, 6.45) is 1.64. The van der Waals surface area contributed by atoms with Gasteiger partial charge in [-0.15, -0.1) is 10.2 Å². The number of hydrogen-bond donors (Lipinski definition) is 1. The molecule has 3 rings (SSSR count). The summed E-state index contributed by atoms with van der Waals surface area (Å²) in [5.74, 6) is 7.56.